The molecule has 0 spiro atoms. The minimum absolute atomic E-state index is 0.318. The molecule has 1 aliphatic carbocycles. The molecule has 1 heterocycles. The van der Waals surface area contributed by atoms with E-state index in [4.69, 9.17) is 0 Å². The first-order chi connectivity index (χ1) is 9.07. The van der Waals surface area contributed by atoms with E-state index in [-0.39, 0.29) is 0 Å². The first-order valence-corrected chi connectivity index (χ1v) is 8.48. The summed E-state index contributed by atoms with van der Waals surface area (Å²) in [5.74, 6) is 1.84. The maximum atomic E-state index is 2.41. The molecular weight excluding hydrogens is 248 g/mol. The van der Waals surface area contributed by atoms with Crippen molar-refractivity contribution in [2.45, 2.75) is 57.3 Å². The summed E-state index contributed by atoms with van der Waals surface area (Å²) in [6, 6.07) is 9.09. The van der Waals surface area contributed by atoms with Crippen LogP contribution in [-0.4, -0.2) is 5.75 Å². The molecule has 0 bridgehead atoms. The Morgan fingerprint density at radius 1 is 1.05 bits per heavy atom. The van der Waals surface area contributed by atoms with Crippen molar-refractivity contribution in [3.8, 4) is 0 Å². The second-order valence-corrected chi connectivity index (χ2v) is 7.98. The van der Waals surface area contributed by atoms with Crippen LogP contribution in [-0.2, 0) is 0 Å². The van der Waals surface area contributed by atoms with Gasteiger partial charge in [-0.05, 0) is 42.7 Å². The Labute approximate surface area is 121 Å². The largest absolute Gasteiger partial charge is 0.121 e. The fourth-order valence-electron chi connectivity index (χ4n) is 3.70. The highest BCUT2D eigenvalue weighted by molar-refractivity contribution is 7.99. The minimum Gasteiger partial charge on any atom is -0.121 e. The van der Waals surface area contributed by atoms with Crippen LogP contribution in [0, 0.1) is 5.41 Å². The van der Waals surface area contributed by atoms with E-state index in [1.54, 1.807) is 16.7 Å². The first kappa shape index (κ1) is 13.3. The fourth-order valence-corrected chi connectivity index (χ4v) is 4.88. The molecule has 1 heteroatoms. The van der Waals surface area contributed by atoms with E-state index in [1.165, 1.54) is 36.3 Å². The Balaban J connectivity index is 2.15. The van der Waals surface area contributed by atoms with Gasteiger partial charge in [0.2, 0.25) is 0 Å². The lowest BCUT2D eigenvalue weighted by Gasteiger charge is -2.36. The summed E-state index contributed by atoms with van der Waals surface area (Å²) in [5.41, 5.74) is 5.43. The van der Waals surface area contributed by atoms with Gasteiger partial charge in [-0.3, -0.25) is 0 Å². The molecule has 1 unspecified atom stereocenters. The topological polar surface area (TPSA) is 0 Å². The summed E-state index contributed by atoms with van der Waals surface area (Å²) in [4.78, 5) is 1.51. The number of hydrogen-bond donors (Lipinski definition) is 0. The molecule has 0 radical (unpaired) electrons. The van der Waals surface area contributed by atoms with Gasteiger partial charge in [0, 0.05) is 16.6 Å². The van der Waals surface area contributed by atoms with Gasteiger partial charge in [0.1, 0.15) is 0 Å². The lowest BCUT2D eigenvalue weighted by Crippen LogP contribution is -2.22. The van der Waals surface area contributed by atoms with Gasteiger partial charge in [-0.15, -0.1) is 11.8 Å². The highest BCUT2D eigenvalue weighted by Crippen LogP contribution is 2.51. The van der Waals surface area contributed by atoms with Crippen molar-refractivity contribution in [3.05, 3.63) is 41.0 Å². The van der Waals surface area contributed by atoms with Crippen molar-refractivity contribution in [3.63, 3.8) is 0 Å². The zero-order chi connectivity index (χ0) is 13.5. The summed E-state index contributed by atoms with van der Waals surface area (Å²) < 4.78 is 0. The van der Waals surface area contributed by atoms with Crippen LogP contribution in [0.25, 0.3) is 0 Å². The van der Waals surface area contributed by atoms with Crippen molar-refractivity contribution >= 4 is 11.8 Å². The molecule has 2 aliphatic rings. The maximum Gasteiger partial charge on any atom is 0.0193 e. The molecule has 1 aromatic carbocycles. The summed E-state index contributed by atoms with van der Waals surface area (Å²) in [5, 5.41) is 0. The molecule has 102 valence electrons. The predicted molar refractivity (Wildman–Crippen MR) is 84.9 cm³/mol. The van der Waals surface area contributed by atoms with Crippen LogP contribution in [0.5, 0.6) is 0 Å². The molecule has 1 atom stereocenters. The molecule has 0 aromatic heterocycles. The van der Waals surface area contributed by atoms with E-state index in [0.29, 0.717) is 11.3 Å². The van der Waals surface area contributed by atoms with Crippen molar-refractivity contribution in [2.75, 3.05) is 5.75 Å². The Morgan fingerprint density at radius 2 is 1.79 bits per heavy atom. The van der Waals surface area contributed by atoms with Gasteiger partial charge in [-0.25, -0.2) is 0 Å². The molecule has 3 rings (SSSR count). The molecule has 0 saturated heterocycles. The third-order valence-corrected chi connectivity index (χ3v) is 5.65. The molecule has 1 aliphatic heterocycles. The van der Waals surface area contributed by atoms with Gasteiger partial charge in [0.05, 0.1) is 0 Å². The van der Waals surface area contributed by atoms with Gasteiger partial charge in [-0.1, -0.05) is 50.1 Å². The van der Waals surface area contributed by atoms with Crippen LogP contribution >= 0.6 is 11.8 Å². The van der Waals surface area contributed by atoms with Crippen LogP contribution in [0.1, 0.15) is 57.9 Å². The van der Waals surface area contributed by atoms with Crippen LogP contribution in [0.15, 0.2) is 40.3 Å². The van der Waals surface area contributed by atoms with E-state index in [1.807, 2.05) is 0 Å². The van der Waals surface area contributed by atoms with Crippen molar-refractivity contribution < 1.29 is 0 Å². The number of thioether (sulfide) groups is 1. The summed E-state index contributed by atoms with van der Waals surface area (Å²) in [6.07, 6.45) is 5.44. The average Bonchev–Trinajstić information content (AvgIpc) is 2.54. The van der Waals surface area contributed by atoms with Crippen molar-refractivity contribution in [1.82, 2.24) is 0 Å². The second kappa shape index (κ2) is 5.01. The van der Waals surface area contributed by atoms with Crippen LogP contribution in [0.4, 0.5) is 0 Å². The number of benzene rings is 1. The predicted octanol–water partition coefficient (Wildman–Crippen LogP) is 5.79. The van der Waals surface area contributed by atoms with Crippen LogP contribution < -0.4 is 0 Å². The normalized spacial score (nSPS) is 23.6. The fraction of sp³-hybridized carbons (Fsp3) is 0.556. The van der Waals surface area contributed by atoms with E-state index in [9.17, 15) is 0 Å². The highest BCUT2D eigenvalue weighted by atomic mass is 32.2. The van der Waals surface area contributed by atoms with Crippen molar-refractivity contribution in [2.24, 2.45) is 5.41 Å². The highest BCUT2D eigenvalue weighted by Gasteiger charge is 2.35. The lowest BCUT2D eigenvalue weighted by molar-refractivity contribution is 0.339. The molecule has 0 nitrogen and oxygen atoms in total. The quantitative estimate of drug-likeness (QED) is 0.538. The number of allylic oxidation sites excluding steroid dienone is 1. The molecule has 0 N–H and O–H groups in total. The Bertz CT molecular complexity index is 505. The zero-order valence-corrected chi connectivity index (χ0v) is 13.1. The lowest BCUT2D eigenvalue weighted by atomic mass is 9.68. The SMILES string of the molecule is CC(C)(C)C1C2=C(CCCC2)CSc2ccccc21. The summed E-state index contributed by atoms with van der Waals surface area (Å²) in [7, 11) is 0. The Kier molecular flexibility index (Phi) is 3.51. The molecule has 19 heavy (non-hydrogen) atoms. The smallest absolute Gasteiger partial charge is 0.0193 e. The van der Waals surface area contributed by atoms with Crippen LogP contribution in [0.3, 0.4) is 0 Å². The molecular formula is C18H24S. The van der Waals surface area contributed by atoms with Gasteiger partial charge < -0.3 is 0 Å². The average molecular weight is 272 g/mol. The monoisotopic (exact) mass is 272 g/mol. The van der Waals surface area contributed by atoms with Crippen molar-refractivity contribution in [1.29, 1.82) is 0 Å². The second-order valence-electron chi connectivity index (χ2n) is 6.96. The standard InChI is InChI=1S/C18H24S/c1-18(2,3)17-14-9-5-4-8-13(14)12-19-16-11-7-6-10-15(16)17/h6-7,10-11,17H,4-5,8-9,12H2,1-3H3. The van der Waals surface area contributed by atoms with E-state index in [0.717, 1.165) is 0 Å². The van der Waals surface area contributed by atoms with E-state index >= 15 is 0 Å². The van der Waals surface area contributed by atoms with Gasteiger partial charge in [-0.2, -0.15) is 0 Å². The number of hydrogen-bond acceptors (Lipinski definition) is 1. The number of rotatable bonds is 0. The molecule has 0 amide bonds. The van der Waals surface area contributed by atoms with E-state index < -0.39 is 0 Å². The first-order valence-electron chi connectivity index (χ1n) is 7.50. The Hall–Kier alpha value is -0.690. The van der Waals surface area contributed by atoms with Crippen LogP contribution in [0.2, 0.25) is 0 Å². The number of fused-ring (bicyclic) bond motifs is 1. The summed E-state index contributed by atoms with van der Waals surface area (Å²) in [6.45, 7) is 7.22. The third kappa shape index (κ3) is 2.50. The third-order valence-electron chi connectivity index (χ3n) is 4.48. The Morgan fingerprint density at radius 3 is 2.58 bits per heavy atom. The zero-order valence-electron chi connectivity index (χ0n) is 12.3. The van der Waals surface area contributed by atoms with Gasteiger partial charge in [0.25, 0.3) is 0 Å². The van der Waals surface area contributed by atoms with E-state index in [2.05, 4.69) is 56.8 Å². The maximum absolute atomic E-state index is 2.41. The molecule has 0 saturated carbocycles. The summed E-state index contributed by atoms with van der Waals surface area (Å²) >= 11 is 2.06. The molecule has 1 aromatic rings. The molecule has 0 fully saturated rings. The van der Waals surface area contributed by atoms with Gasteiger partial charge >= 0.3 is 0 Å². The minimum atomic E-state index is 0.318. The van der Waals surface area contributed by atoms with Gasteiger partial charge in [0.15, 0.2) is 0 Å².